The SMILES string of the molecule is COC(=O)c1ccc(C(=O)CCC2CCCO2)o1. The molecule has 0 aromatic carbocycles. The topological polar surface area (TPSA) is 65.7 Å². The predicted octanol–water partition coefficient (Wildman–Crippen LogP) is 2.21. The van der Waals surface area contributed by atoms with Crippen molar-refractivity contribution in [1.82, 2.24) is 0 Å². The van der Waals surface area contributed by atoms with Gasteiger partial charge < -0.3 is 13.9 Å². The van der Waals surface area contributed by atoms with E-state index in [1.165, 1.54) is 19.2 Å². The summed E-state index contributed by atoms with van der Waals surface area (Å²) < 4.78 is 15.1. The molecule has 1 aromatic heterocycles. The van der Waals surface area contributed by atoms with Gasteiger partial charge in [0.2, 0.25) is 5.76 Å². The summed E-state index contributed by atoms with van der Waals surface area (Å²) in [7, 11) is 1.27. The highest BCUT2D eigenvalue weighted by Gasteiger charge is 2.20. The molecule has 0 saturated carbocycles. The summed E-state index contributed by atoms with van der Waals surface area (Å²) in [5.41, 5.74) is 0. The molecule has 1 atom stereocenters. The van der Waals surface area contributed by atoms with E-state index in [4.69, 9.17) is 9.15 Å². The van der Waals surface area contributed by atoms with Crippen LogP contribution in [0.4, 0.5) is 0 Å². The maximum absolute atomic E-state index is 11.8. The first-order valence-corrected chi connectivity index (χ1v) is 6.03. The number of ketones is 1. The lowest BCUT2D eigenvalue weighted by molar-refractivity contribution is 0.0562. The van der Waals surface area contributed by atoms with Crippen molar-refractivity contribution in [3.8, 4) is 0 Å². The molecular weight excluding hydrogens is 236 g/mol. The summed E-state index contributed by atoms with van der Waals surface area (Å²) in [5.74, 6) is -0.430. The van der Waals surface area contributed by atoms with Crippen molar-refractivity contribution in [2.24, 2.45) is 0 Å². The number of Topliss-reactive ketones (excluding diaryl/α,β-unsaturated/α-hetero) is 1. The maximum Gasteiger partial charge on any atom is 0.373 e. The Morgan fingerprint density at radius 3 is 2.83 bits per heavy atom. The Hall–Kier alpha value is -1.62. The number of rotatable bonds is 5. The number of methoxy groups -OCH3 is 1. The van der Waals surface area contributed by atoms with Crippen molar-refractivity contribution in [3.63, 3.8) is 0 Å². The quantitative estimate of drug-likeness (QED) is 0.593. The highest BCUT2D eigenvalue weighted by atomic mass is 16.5. The molecule has 0 radical (unpaired) electrons. The Bertz CT molecular complexity index is 428. The summed E-state index contributed by atoms with van der Waals surface area (Å²) in [6.07, 6.45) is 3.33. The first kappa shape index (κ1) is 12.8. The molecule has 1 aliphatic heterocycles. The van der Waals surface area contributed by atoms with Crippen LogP contribution in [-0.2, 0) is 9.47 Å². The minimum absolute atomic E-state index is 0.0537. The zero-order valence-corrected chi connectivity index (χ0v) is 10.3. The van der Waals surface area contributed by atoms with Gasteiger partial charge in [-0.1, -0.05) is 0 Å². The third kappa shape index (κ3) is 2.98. The molecule has 0 N–H and O–H groups in total. The van der Waals surface area contributed by atoms with Crippen molar-refractivity contribution in [2.75, 3.05) is 13.7 Å². The lowest BCUT2D eigenvalue weighted by atomic mass is 10.1. The van der Waals surface area contributed by atoms with Crippen molar-refractivity contribution < 1.29 is 23.5 Å². The van der Waals surface area contributed by atoms with Gasteiger partial charge in [-0.15, -0.1) is 0 Å². The van der Waals surface area contributed by atoms with Crippen molar-refractivity contribution in [3.05, 3.63) is 23.7 Å². The van der Waals surface area contributed by atoms with Gasteiger partial charge in [-0.25, -0.2) is 4.79 Å². The average molecular weight is 252 g/mol. The number of carbonyl (C=O) groups excluding carboxylic acids is 2. The van der Waals surface area contributed by atoms with Crippen LogP contribution in [0.1, 0.15) is 46.8 Å². The second kappa shape index (κ2) is 5.82. The van der Waals surface area contributed by atoms with Gasteiger partial charge in [0.05, 0.1) is 13.2 Å². The van der Waals surface area contributed by atoms with Crippen LogP contribution in [0.3, 0.4) is 0 Å². The van der Waals surface area contributed by atoms with Gasteiger partial charge in [-0.3, -0.25) is 4.79 Å². The van der Waals surface area contributed by atoms with E-state index in [0.717, 1.165) is 19.4 Å². The van der Waals surface area contributed by atoms with E-state index in [9.17, 15) is 9.59 Å². The molecular formula is C13H16O5. The molecule has 18 heavy (non-hydrogen) atoms. The summed E-state index contributed by atoms with van der Waals surface area (Å²) >= 11 is 0. The Morgan fingerprint density at radius 1 is 1.39 bits per heavy atom. The van der Waals surface area contributed by atoms with Gasteiger partial charge in [-0.05, 0) is 31.4 Å². The molecule has 1 fully saturated rings. The van der Waals surface area contributed by atoms with E-state index >= 15 is 0 Å². The number of hydrogen-bond donors (Lipinski definition) is 0. The van der Waals surface area contributed by atoms with E-state index in [-0.39, 0.29) is 23.4 Å². The van der Waals surface area contributed by atoms with Crippen molar-refractivity contribution in [2.45, 2.75) is 31.8 Å². The second-order valence-corrected chi connectivity index (χ2v) is 4.25. The Kier molecular flexibility index (Phi) is 4.15. The van der Waals surface area contributed by atoms with Gasteiger partial charge >= 0.3 is 5.97 Å². The highest BCUT2D eigenvalue weighted by molar-refractivity contribution is 5.95. The van der Waals surface area contributed by atoms with Crippen LogP contribution in [0.25, 0.3) is 0 Å². The van der Waals surface area contributed by atoms with Gasteiger partial charge in [0, 0.05) is 13.0 Å². The Labute approximate surface area is 105 Å². The standard InChI is InChI=1S/C13H16O5/c1-16-13(15)12-7-6-11(18-12)10(14)5-4-9-3-2-8-17-9/h6-7,9H,2-5,8H2,1H3. The molecule has 2 rings (SSSR count). The summed E-state index contributed by atoms with van der Waals surface area (Å²) in [6, 6.07) is 2.95. The van der Waals surface area contributed by atoms with Gasteiger partial charge in [0.1, 0.15) is 0 Å². The minimum atomic E-state index is -0.576. The fourth-order valence-corrected chi connectivity index (χ4v) is 1.99. The van der Waals surface area contributed by atoms with E-state index in [2.05, 4.69) is 4.74 Å². The highest BCUT2D eigenvalue weighted by Crippen LogP contribution is 2.19. The first-order chi connectivity index (χ1) is 8.70. The molecule has 1 aliphatic rings. The van der Waals surface area contributed by atoms with E-state index in [1.807, 2.05) is 0 Å². The molecule has 98 valence electrons. The van der Waals surface area contributed by atoms with Crippen LogP contribution >= 0.6 is 0 Å². The van der Waals surface area contributed by atoms with Gasteiger partial charge in [0.15, 0.2) is 11.5 Å². The smallest absolute Gasteiger partial charge is 0.373 e. The molecule has 0 bridgehead atoms. The van der Waals surface area contributed by atoms with Crippen molar-refractivity contribution >= 4 is 11.8 Å². The maximum atomic E-state index is 11.8. The Morgan fingerprint density at radius 2 is 2.17 bits per heavy atom. The Balaban J connectivity index is 1.88. The van der Waals surface area contributed by atoms with Crippen LogP contribution in [0.5, 0.6) is 0 Å². The largest absolute Gasteiger partial charge is 0.463 e. The third-order valence-corrected chi connectivity index (χ3v) is 2.98. The average Bonchev–Trinajstić information content (AvgIpc) is 3.05. The molecule has 2 heterocycles. The van der Waals surface area contributed by atoms with E-state index < -0.39 is 5.97 Å². The number of esters is 1. The third-order valence-electron chi connectivity index (χ3n) is 2.98. The van der Waals surface area contributed by atoms with Crippen LogP contribution in [0.15, 0.2) is 16.5 Å². The molecule has 1 saturated heterocycles. The van der Waals surface area contributed by atoms with Crippen LogP contribution in [0, 0.1) is 0 Å². The lowest BCUT2D eigenvalue weighted by Gasteiger charge is -2.06. The monoisotopic (exact) mass is 252 g/mol. The number of furan rings is 1. The lowest BCUT2D eigenvalue weighted by Crippen LogP contribution is -2.08. The van der Waals surface area contributed by atoms with Crippen LogP contribution in [0.2, 0.25) is 0 Å². The second-order valence-electron chi connectivity index (χ2n) is 4.25. The number of carbonyl (C=O) groups is 2. The molecule has 0 spiro atoms. The fourth-order valence-electron chi connectivity index (χ4n) is 1.99. The number of hydrogen-bond acceptors (Lipinski definition) is 5. The molecule has 1 unspecified atom stereocenters. The first-order valence-electron chi connectivity index (χ1n) is 6.03. The van der Waals surface area contributed by atoms with E-state index in [1.54, 1.807) is 0 Å². The number of ether oxygens (including phenoxy) is 2. The van der Waals surface area contributed by atoms with Crippen LogP contribution in [-0.4, -0.2) is 31.6 Å². The van der Waals surface area contributed by atoms with E-state index in [0.29, 0.717) is 12.8 Å². The zero-order valence-electron chi connectivity index (χ0n) is 10.3. The van der Waals surface area contributed by atoms with Gasteiger partial charge in [-0.2, -0.15) is 0 Å². The summed E-state index contributed by atoms with van der Waals surface area (Å²) in [5, 5.41) is 0. The van der Waals surface area contributed by atoms with Gasteiger partial charge in [0.25, 0.3) is 0 Å². The molecule has 0 aliphatic carbocycles. The van der Waals surface area contributed by atoms with Crippen molar-refractivity contribution in [1.29, 1.82) is 0 Å². The van der Waals surface area contributed by atoms with Crippen LogP contribution < -0.4 is 0 Å². The molecule has 1 aromatic rings. The fraction of sp³-hybridized carbons (Fsp3) is 0.538. The molecule has 0 amide bonds. The predicted molar refractivity (Wildman–Crippen MR) is 62.6 cm³/mol. The normalized spacial score (nSPS) is 18.8. The molecule has 5 nitrogen and oxygen atoms in total. The molecule has 5 heteroatoms. The summed E-state index contributed by atoms with van der Waals surface area (Å²) in [6.45, 7) is 0.784. The zero-order chi connectivity index (χ0) is 13.0. The minimum Gasteiger partial charge on any atom is -0.463 e. The summed E-state index contributed by atoms with van der Waals surface area (Å²) in [4.78, 5) is 23.0.